The topological polar surface area (TPSA) is 207 Å². The summed E-state index contributed by atoms with van der Waals surface area (Å²) in [6, 6.07) is 23.4. The van der Waals surface area contributed by atoms with Gasteiger partial charge in [0.25, 0.3) is 0 Å². The molecule has 2 aliphatic rings. The molecule has 4 aromatic rings. The fourth-order valence-corrected chi connectivity index (χ4v) is 7.15. The summed E-state index contributed by atoms with van der Waals surface area (Å²) in [5.74, 6) is -0.821. The zero-order valence-electron chi connectivity index (χ0n) is 33.6. The summed E-state index contributed by atoms with van der Waals surface area (Å²) < 4.78 is 5.44. The van der Waals surface area contributed by atoms with Gasteiger partial charge in [-0.2, -0.15) is 0 Å². The van der Waals surface area contributed by atoms with E-state index >= 15 is 0 Å². The van der Waals surface area contributed by atoms with E-state index in [0.717, 1.165) is 52.9 Å². The Labute approximate surface area is 340 Å². The van der Waals surface area contributed by atoms with Gasteiger partial charge >= 0.3 is 6.09 Å². The molecular weight excluding hydrogens is 735 g/mol. The minimum atomic E-state index is -0.560. The van der Waals surface area contributed by atoms with Gasteiger partial charge in [-0.3, -0.25) is 19.2 Å². The van der Waals surface area contributed by atoms with E-state index in [-0.39, 0.29) is 49.0 Å². The predicted molar refractivity (Wildman–Crippen MR) is 229 cm³/mol. The summed E-state index contributed by atoms with van der Waals surface area (Å²) in [5.41, 5.74) is 23.3. The Kier molecular flexibility index (Phi) is 15.3. The number of carbonyl (C=O) groups excluding carboxylic acids is 5. The minimum Gasteiger partial charge on any atom is -0.449 e. The van der Waals surface area contributed by atoms with E-state index in [0.29, 0.717) is 50.1 Å². The molecule has 0 bridgehead atoms. The molecule has 0 aromatic heterocycles. The molecule has 4 aromatic carbocycles. The number of anilines is 4. The molecule has 9 N–H and O–H groups in total. The molecule has 13 nitrogen and oxygen atoms in total. The van der Waals surface area contributed by atoms with E-state index in [4.69, 9.17) is 16.2 Å². The van der Waals surface area contributed by atoms with Crippen LogP contribution in [0.1, 0.15) is 93.4 Å². The monoisotopic (exact) mass is 789 g/mol. The largest absolute Gasteiger partial charge is 0.449 e. The van der Waals surface area contributed by atoms with Crippen molar-refractivity contribution in [3.8, 4) is 22.3 Å². The van der Waals surface area contributed by atoms with Crippen molar-refractivity contribution in [3.05, 3.63) is 95.1 Å². The van der Waals surface area contributed by atoms with Crippen LogP contribution in [0.2, 0.25) is 0 Å². The number of alkyl carbamates (subject to hydrolysis) is 1. The molecule has 13 heteroatoms. The normalized spacial score (nSPS) is 11.8. The van der Waals surface area contributed by atoms with E-state index in [1.54, 1.807) is 0 Å². The number of ether oxygens (including phenoxy) is 1. The highest BCUT2D eigenvalue weighted by atomic mass is 16.5. The summed E-state index contributed by atoms with van der Waals surface area (Å²) in [5, 5.41) is 13.9. The van der Waals surface area contributed by atoms with Gasteiger partial charge in [0, 0.05) is 74.5 Å². The third-order valence-electron chi connectivity index (χ3n) is 9.99. The SMILES string of the molecule is CCCNC(=O)CCCC(=O)Nc1ccc2c(c1)C(COC(=O)NC)c1cc(NC(=O)CCCC(=O)NCCC)ccc1-2.Nc1ccc2c(c1)Cc1cc(N)ccc1-2. The lowest BCUT2D eigenvalue weighted by Crippen LogP contribution is -2.24. The van der Waals surface area contributed by atoms with Gasteiger partial charge in [0.1, 0.15) is 6.61 Å². The first-order chi connectivity index (χ1) is 28.0. The number of nitrogens with two attached hydrogens (primary N) is 2. The molecule has 0 fully saturated rings. The van der Waals surface area contributed by atoms with Gasteiger partial charge in [0.05, 0.1) is 0 Å². The van der Waals surface area contributed by atoms with Gasteiger partial charge in [0.2, 0.25) is 23.6 Å². The molecule has 306 valence electrons. The van der Waals surface area contributed by atoms with Crippen LogP contribution in [-0.2, 0) is 30.3 Å². The molecule has 5 amide bonds. The van der Waals surface area contributed by atoms with Crippen molar-refractivity contribution in [2.45, 2.75) is 77.6 Å². The number of rotatable bonds is 16. The lowest BCUT2D eigenvalue weighted by molar-refractivity contribution is -0.122. The first kappa shape index (κ1) is 42.8. The average Bonchev–Trinajstić information content (AvgIpc) is 3.71. The molecule has 6 rings (SSSR count). The van der Waals surface area contributed by atoms with Crippen LogP contribution in [0, 0.1) is 0 Å². The molecule has 0 radical (unpaired) electrons. The van der Waals surface area contributed by atoms with Gasteiger partial charge in [-0.15, -0.1) is 0 Å². The van der Waals surface area contributed by atoms with E-state index in [1.807, 2.05) is 74.5 Å². The smallest absolute Gasteiger partial charge is 0.406 e. The maximum absolute atomic E-state index is 12.6. The fraction of sp³-hybridized carbons (Fsp3) is 0.356. The van der Waals surface area contributed by atoms with Crippen molar-refractivity contribution in [1.82, 2.24) is 16.0 Å². The Balaban J connectivity index is 0.000000351. The van der Waals surface area contributed by atoms with Gasteiger partial charge in [-0.25, -0.2) is 4.79 Å². The Morgan fingerprint density at radius 2 is 1.03 bits per heavy atom. The molecule has 0 spiro atoms. The molecule has 0 atom stereocenters. The zero-order chi connectivity index (χ0) is 41.6. The van der Waals surface area contributed by atoms with Crippen LogP contribution in [0.25, 0.3) is 22.3 Å². The van der Waals surface area contributed by atoms with Gasteiger partial charge in [-0.1, -0.05) is 38.1 Å². The number of hydrogen-bond acceptors (Lipinski definition) is 8. The summed E-state index contributed by atoms with van der Waals surface area (Å²) in [7, 11) is 1.49. The third kappa shape index (κ3) is 11.6. The van der Waals surface area contributed by atoms with Crippen LogP contribution < -0.4 is 38.1 Å². The molecule has 0 aliphatic heterocycles. The molecule has 0 heterocycles. The second-order valence-corrected chi connectivity index (χ2v) is 14.5. The molecule has 2 aliphatic carbocycles. The molecule has 58 heavy (non-hydrogen) atoms. The lowest BCUT2D eigenvalue weighted by Gasteiger charge is -2.16. The second kappa shape index (κ2) is 20.7. The van der Waals surface area contributed by atoms with Crippen LogP contribution in [0.4, 0.5) is 27.5 Å². The number of benzene rings is 4. The highest BCUT2D eigenvalue weighted by molar-refractivity contribution is 5.94. The Morgan fingerprint density at radius 1 is 0.603 bits per heavy atom. The first-order valence-electron chi connectivity index (χ1n) is 20.0. The van der Waals surface area contributed by atoms with Crippen LogP contribution in [0.3, 0.4) is 0 Å². The molecule has 0 saturated heterocycles. The maximum atomic E-state index is 12.6. The number of carbonyl (C=O) groups is 5. The summed E-state index contributed by atoms with van der Waals surface area (Å²) in [4.78, 5) is 60.7. The number of hydrogen-bond donors (Lipinski definition) is 7. The quantitative estimate of drug-likeness (QED) is 0.0525. The van der Waals surface area contributed by atoms with Gasteiger partial charge in [0.15, 0.2) is 0 Å². The first-order valence-corrected chi connectivity index (χ1v) is 20.0. The Hall–Kier alpha value is -6.37. The average molecular weight is 790 g/mol. The van der Waals surface area contributed by atoms with Crippen molar-refractivity contribution in [3.63, 3.8) is 0 Å². The summed E-state index contributed by atoms with van der Waals surface area (Å²) in [6.07, 6.45) is 4.01. The maximum Gasteiger partial charge on any atom is 0.406 e. The van der Waals surface area contributed by atoms with E-state index in [9.17, 15) is 24.0 Å². The fourth-order valence-electron chi connectivity index (χ4n) is 7.15. The van der Waals surface area contributed by atoms with E-state index in [2.05, 4.69) is 38.7 Å². The Morgan fingerprint density at radius 3 is 1.47 bits per heavy atom. The molecule has 0 unspecified atom stereocenters. The Bertz CT molecular complexity index is 2000. The highest BCUT2D eigenvalue weighted by Gasteiger charge is 2.31. The van der Waals surface area contributed by atoms with Crippen LogP contribution >= 0.6 is 0 Å². The van der Waals surface area contributed by atoms with Gasteiger partial charge in [-0.05, 0) is 125 Å². The third-order valence-corrected chi connectivity index (χ3v) is 9.99. The zero-order valence-corrected chi connectivity index (χ0v) is 33.6. The van der Waals surface area contributed by atoms with Crippen LogP contribution in [0.5, 0.6) is 0 Å². The summed E-state index contributed by atoms with van der Waals surface area (Å²) >= 11 is 0. The highest BCUT2D eigenvalue weighted by Crippen LogP contribution is 2.47. The minimum absolute atomic E-state index is 0.0609. The number of nitrogens with one attached hydrogen (secondary N) is 5. The van der Waals surface area contributed by atoms with Crippen molar-refractivity contribution in [1.29, 1.82) is 0 Å². The lowest BCUT2D eigenvalue weighted by atomic mass is 9.97. The van der Waals surface area contributed by atoms with Crippen molar-refractivity contribution < 1.29 is 28.7 Å². The molecule has 0 saturated carbocycles. The van der Waals surface area contributed by atoms with Crippen molar-refractivity contribution in [2.24, 2.45) is 0 Å². The van der Waals surface area contributed by atoms with Crippen molar-refractivity contribution >= 4 is 52.5 Å². The summed E-state index contributed by atoms with van der Waals surface area (Å²) in [6.45, 7) is 5.28. The van der Waals surface area contributed by atoms with Crippen LogP contribution in [-0.4, -0.2) is 56.5 Å². The van der Waals surface area contributed by atoms with Crippen molar-refractivity contribution in [2.75, 3.05) is 48.8 Å². The standard InChI is InChI=1S/C32H43N5O6.C13H12N2/c1-4-16-34-28(38)8-6-10-30(40)36-21-12-14-23-24-15-13-22(37-31(41)11-7-9-29(39)35-17-5-2)19-26(24)27(25(23)18-21)20-43-32(42)33-3;14-10-1-3-12-8(6-10)5-9-7-11(15)2-4-13(9)12/h12-15,18-19,27H,4-11,16-17,20H2,1-3H3,(H,33,42)(H,34,38)(H,35,39)(H,36,40)(H,37,41);1-4,6-7H,5,14-15H2. The van der Waals surface area contributed by atoms with E-state index < -0.39 is 6.09 Å². The van der Waals surface area contributed by atoms with Crippen LogP contribution in [0.15, 0.2) is 72.8 Å². The predicted octanol–water partition coefficient (Wildman–Crippen LogP) is 6.85. The van der Waals surface area contributed by atoms with Gasteiger partial charge < -0.3 is 42.8 Å². The number of fused-ring (bicyclic) bond motifs is 6. The second-order valence-electron chi connectivity index (χ2n) is 14.5. The number of nitrogen functional groups attached to an aromatic ring is 2. The number of amides is 5. The molecular formula is C45H55N7O6. The van der Waals surface area contributed by atoms with E-state index in [1.165, 1.54) is 29.3 Å².